The molecule has 2 aromatic carbocycles. The summed E-state index contributed by atoms with van der Waals surface area (Å²) >= 11 is 0. The Labute approximate surface area is 235 Å². The molecule has 0 saturated heterocycles. The predicted molar refractivity (Wildman–Crippen MR) is 153 cm³/mol. The van der Waals surface area contributed by atoms with E-state index < -0.39 is 20.3 Å². The highest BCUT2D eigenvalue weighted by molar-refractivity contribution is 7.48. The van der Waals surface area contributed by atoms with Crippen LogP contribution in [0.25, 0.3) is 16.6 Å². The van der Waals surface area contributed by atoms with Gasteiger partial charge in [-0.3, -0.25) is 18.4 Å². The van der Waals surface area contributed by atoms with Crippen molar-refractivity contribution < 1.29 is 27.7 Å². The lowest BCUT2D eigenvalue weighted by atomic mass is 10.1. The van der Waals surface area contributed by atoms with Crippen LogP contribution in [0.2, 0.25) is 0 Å². The van der Waals surface area contributed by atoms with Crippen LogP contribution >= 0.6 is 7.82 Å². The van der Waals surface area contributed by atoms with Crippen molar-refractivity contribution in [1.29, 1.82) is 0 Å². The van der Waals surface area contributed by atoms with Crippen LogP contribution in [-0.4, -0.2) is 50.3 Å². The van der Waals surface area contributed by atoms with Crippen LogP contribution in [-0.2, 0) is 22.9 Å². The molecule has 0 aliphatic heterocycles. The van der Waals surface area contributed by atoms with Gasteiger partial charge in [0.05, 0.1) is 18.7 Å². The van der Waals surface area contributed by atoms with E-state index in [1.165, 1.54) is 12.7 Å². The third-order valence-electron chi connectivity index (χ3n) is 5.76. The average Bonchev–Trinajstić information content (AvgIpc) is 3.42. The Morgan fingerprint density at radius 2 is 1.73 bits per heavy atom. The van der Waals surface area contributed by atoms with Gasteiger partial charge in [0.2, 0.25) is 0 Å². The lowest BCUT2D eigenvalue weighted by Gasteiger charge is -2.16. The largest absolute Gasteiger partial charge is 0.475 e. The van der Waals surface area contributed by atoms with Crippen LogP contribution in [0.15, 0.2) is 67.4 Å². The molecular weight excluding hydrogens is 549 g/mol. The number of benzene rings is 2. The molecule has 0 aliphatic rings. The second kappa shape index (κ2) is 12.4. The number of rotatable bonds is 12. The van der Waals surface area contributed by atoms with Gasteiger partial charge in [0.1, 0.15) is 36.6 Å². The van der Waals surface area contributed by atoms with Crippen LogP contribution < -0.4 is 15.4 Å². The molecule has 1 amide bonds. The highest BCUT2D eigenvalue weighted by Crippen LogP contribution is 2.49. The van der Waals surface area contributed by atoms with E-state index in [1.807, 2.05) is 37.3 Å². The van der Waals surface area contributed by atoms with Crippen molar-refractivity contribution in [2.75, 3.05) is 30.5 Å². The molecule has 5 aromatic rings. The van der Waals surface area contributed by atoms with Gasteiger partial charge in [0.25, 0.3) is 5.91 Å². The molecule has 14 heteroatoms. The van der Waals surface area contributed by atoms with Gasteiger partial charge in [-0.15, -0.1) is 0 Å². The van der Waals surface area contributed by atoms with E-state index >= 15 is 0 Å². The summed E-state index contributed by atoms with van der Waals surface area (Å²) in [7, 11) is -3.80. The zero-order valence-electron chi connectivity index (χ0n) is 22.6. The van der Waals surface area contributed by atoms with E-state index in [-0.39, 0.29) is 13.2 Å². The number of pyridine rings is 1. The third-order valence-corrected chi connectivity index (χ3v) is 7.36. The van der Waals surface area contributed by atoms with Crippen LogP contribution in [0, 0.1) is 6.92 Å². The minimum atomic E-state index is -3.80. The molecule has 0 unspecified atom stereocenters. The fraction of sp³-hybridized carbons (Fsp3) is 0.222. The number of aromatic nitrogens is 5. The average molecular weight is 578 g/mol. The van der Waals surface area contributed by atoms with Crippen LogP contribution in [0.1, 0.15) is 19.4 Å². The SMILES string of the molecule is CCOP(=O)(OCC)OCC(=O)Nc1ccc2ncnc(Nc3ccc(Oc4ccn5ncnc5c4)c(C)c3)c2c1. The molecule has 212 valence electrons. The Kier molecular flexibility index (Phi) is 8.50. The first-order valence-electron chi connectivity index (χ1n) is 12.8. The molecule has 0 fully saturated rings. The number of hydrogen-bond acceptors (Lipinski definition) is 11. The van der Waals surface area contributed by atoms with Gasteiger partial charge in [0.15, 0.2) is 5.65 Å². The number of phosphoric acid groups is 1. The number of aryl methyl sites for hydroxylation is 1. The van der Waals surface area contributed by atoms with Crippen molar-refractivity contribution in [2.45, 2.75) is 20.8 Å². The molecule has 13 nitrogen and oxygen atoms in total. The van der Waals surface area contributed by atoms with E-state index in [0.717, 1.165) is 11.3 Å². The number of hydrogen-bond donors (Lipinski definition) is 2. The van der Waals surface area contributed by atoms with E-state index in [9.17, 15) is 9.36 Å². The van der Waals surface area contributed by atoms with E-state index in [4.69, 9.17) is 18.3 Å². The number of fused-ring (bicyclic) bond motifs is 2. The summed E-state index contributed by atoms with van der Waals surface area (Å²) in [6.07, 6.45) is 4.73. The quantitative estimate of drug-likeness (QED) is 0.177. The predicted octanol–water partition coefficient (Wildman–Crippen LogP) is 5.65. The minimum Gasteiger partial charge on any atom is -0.457 e. The maximum absolute atomic E-state index is 12.5. The van der Waals surface area contributed by atoms with Gasteiger partial charge in [-0.05, 0) is 68.8 Å². The zero-order chi connectivity index (χ0) is 28.8. The molecule has 0 saturated carbocycles. The molecule has 3 heterocycles. The van der Waals surface area contributed by atoms with Crippen LogP contribution in [0.4, 0.5) is 17.2 Å². The van der Waals surface area contributed by atoms with Crippen molar-refractivity contribution in [1.82, 2.24) is 24.6 Å². The maximum atomic E-state index is 12.5. The summed E-state index contributed by atoms with van der Waals surface area (Å²) in [6.45, 7) is 4.99. The monoisotopic (exact) mass is 577 g/mol. The first-order chi connectivity index (χ1) is 19.9. The molecule has 0 aliphatic carbocycles. The summed E-state index contributed by atoms with van der Waals surface area (Å²) in [5.74, 6) is 1.36. The summed E-state index contributed by atoms with van der Waals surface area (Å²) in [4.78, 5) is 25.4. The highest BCUT2D eigenvalue weighted by Gasteiger charge is 2.26. The van der Waals surface area contributed by atoms with E-state index in [2.05, 4.69) is 30.7 Å². The van der Waals surface area contributed by atoms with E-state index in [1.54, 1.807) is 42.8 Å². The van der Waals surface area contributed by atoms with E-state index in [0.29, 0.717) is 39.6 Å². The second-order valence-corrected chi connectivity index (χ2v) is 10.4. The number of amides is 1. The normalized spacial score (nSPS) is 11.6. The Hall–Kier alpha value is -4.42. The fourth-order valence-corrected chi connectivity index (χ4v) is 5.09. The molecule has 0 spiro atoms. The summed E-state index contributed by atoms with van der Waals surface area (Å²) in [5, 5.41) is 10.8. The fourth-order valence-electron chi connectivity index (χ4n) is 3.96. The van der Waals surface area contributed by atoms with Crippen molar-refractivity contribution in [2.24, 2.45) is 0 Å². The van der Waals surface area contributed by atoms with Gasteiger partial charge in [0, 0.05) is 29.0 Å². The number of phosphoric ester groups is 1. The van der Waals surface area contributed by atoms with Gasteiger partial charge < -0.3 is 15.4 Å². The van der Waals surface area contributed by atoms with Gasteiger partial charge in [-0.2, -0.15) is 5.10 Å². The number of carbonyl (C=O) groups excluding carboxylic acids is 1. The molecule has 3 aromatic heterocycles. The molecule has 0 bridgehead atoms. The first kappa shape index (κ1) is 28.1. The number of anilines is 3. The Balaban J connectivity index is 1.29. The number of nitrogens with one attached hydrogen (secondary N) is 2. The van der Waals surface area contributed by atoms with Gasteiger partial charge in [-0.1, -0.05) is 0 Å². The topological polar surface area (TPSA) is 151 Å². The van der Waals surface area contributed by atoms with Gasteiger partial charge >= 0.3 is 7.82 Å². The summed E-state index contributed by atoms with van der Waals surface area (Å²) < 4.78 is 35.4. The smallest absolute Gasteiger partial charge is 0.457 e. The highest BCUT2D eigenvalue weighted by atomic mass is 31.2. The van der Waals surface area contributed by atoms with Gasteiger partial charge in [-0.25, -0.2) is 24.0 Å². The first-order valence-corrected chi connectivity index (χ1v) is 14.2. The maximum Gasteiger partial charge on any atom is 0.475 e. The molecule has 5 rings (SSSR count). The Bertz CT molecular complexity index is 1730. The van der Waals surface area contributed by atoms with Crippen molar-refractivity contribution in [3.05, 3.63) is 72.9 Å². The Morgan fingerprint density at radius 1 is 0.927 bits per heavy atom. The molecule has 0 atom stereocenters. The lowest BCUT2D eigenvalue weighted by Crippen LogP contribution is -2.18. The van der Waals surface area contributed by atoms with Crippen molar-refractivity contribution >= 4 is 47.5 Å². The van der Waals surface area contributed by atoms with Crippen LogP contribution in [0.3, 0.4) is 0 Å². The second-order valence-electron chi connectivity index (χ2n) is 8.69. The number of ether oxygens (including phenoxy) is 1. The standard InChI is InChI=1S/C27H28N7O6P/c1-4-37-41(36,38-5-2)39-15-26(35)32-20-6-8-23-22(13-20)27(30-16-28-23)33-19-7-9-24(18(3)12-19)40-21-10-11-34-25(14-21)29-17-31-34/h6-14,16-17H,4-5,15H2,1-3H3,(H,32,35)(H,28,30,33). The summed E-state index contributed by atoms with van der Waals surface area (Å²) in [5.41, 5.74) is 3.53. The minimum absolute atomic E-state index is 0.120. The molecule has 2 N–H and O–H groups in total. The van der Waals surface area contributed by atoms with Crippen molar-refractivity contribution in [3.8, 4) is 11.5 Å². The third kappa shape index (κ3) is 6.84. The lowest BCUT2D eigenvalue weighted by molar-refractivity contribution is -0.118. The number of nitrogens with zero attached hydrogens (tertiary/aromatic N) is 5. The van der Waals surface area contributed by atoms with Crippen molar-refractivity contribution in [3.63, 3.8) is 0 Å². The number of carbonyl (C=O) groups is 1. The molecular formula is C27H28N7O6P. The molecule has 0 radical (unpaired) electrons. The summed E-state index contributed by atoms with van der Waals surface area (Å²) in [6, 6.07) is 14.5. The van der Waals surface area contributed by atoms with Crippen LogP contribution in [0.5, 0.6) is 11.5 Å². The molecule has 41 heavy (non-hydrogen) atoms. The Morgan fingerprint density at radius 3 is 2.51 bits per heavy atom. The zero-order valence-corrected chi connectivity index (χ0v) is 23.5.